The van der Waals surface area contributed by atoms with Gasteiger partial charge in [0.2, 0.25) is 5.88 Å². The molecule has 16 heavy (non-hydrogen) atoms. The Labute approximate surface area is 94.9 Å². The van der Waals surface area contributed by atoms with Gasteiger partial charge in [0.25, 0.3) is 0 Å². The predicted octanol–water partition coefficient (Wildman–Crippen LogP) is 1.95. The van der Waals surface area contributed by atoms with Crippen LogP contribution >= 0.6 is 0 Å². The molecule has 0 fully saturated rings. The highest BCUT2D eigenvalue weighted by Gasteiger charge is 2.07. The monoisotopic (exact) mass is 217 g/mol. The first-order chi connectivity index (χ1) is 7.72. The van der Waals surface area contributed by atoms with Crippen LogP contribution in [-0.4, -0.2) is 21.6 Å². The van der Waals surface area contributed by atoms with Crippen molar-refractivity contribution in [3.05, 3.63) is 41.6 Å². The molecule has 0 aromatic carbocycles. The maximum atomic E-state index is 5.22. The van der Waals surface area contributed by atoms with Crippen molar-refractivity contribution in [1.29, 1.82) is 0 Å². The number of methoxy groups -OCH3 is 1. The Balaban J connectivity index is 2.30. The molecule has 0 N–H and O–H groups in total. The number of imidazole rings is 1. The molecular formula is C12H15N3O. The molecule has 0 radical (unpaired) electrons. The largest absolute Gasteiger partial charge is 0.481 e. The van der Waals surface area contributed by atoms with Gasteiger partial charge in [-0.3, -0.25) is 0 Å². The fourth-order valence-corrected chi connectivity index (χ4v) is 1.62. The summed E-state index contributed by atoms with van der Waals surface area (Å²) in [4.78, 5) is 8.44. The van der Waals surface area contributed by atoms with Crippen molar-refractivity contribution in [2.75, 3.05) is 7.11 Å². The maximum Gasteiger partial charge on any atom is 0.218 e. The lowest BCUT2D eigenvalue weighted by atomic mass is 10.2. The maximum absolute atomic E-state index is 5.22. The smallest absolute Gasteiger partial charge is 0.218 e. The van der Waals surface area contributed by atoms with Crippen molar-refractivity contribution < 1.29 is 4.74 Å². The van der Waals surface area contributed by atoms with Crippen molar-refractivity contribution in [2.24, 2.45) is 0 Å². The van der Waals surface area contributed by atoms with Crippen LogP contribution in [0.5, 0.6) is 5.88 Å². The molecule has 0 amide bonds. The first-order valence-electron chi connectivity index (χ1n) is 5.18. The van der Waals surface area contributed by atoms with Crippen LogP contribution in [0.15, 0.2) is 24.7 Å². The normalized spacial score (nSPS) is 10.4. The van der Waals surface area contributed by atoms with Crippen LogP contribution in [-0.2, 0) is 6.54 Å². The molecule has 0 spiro atoms. The Bertz CT molecular complexity index is 491. The Kier molecular flexibility index (Phi) is 2.90. The summed E-state index contributed by atoms with van der Waals surface area (Å²) >= 11 is 0. The van der Waals surface area contributed by atoms with Gasteiger partial charge in [0.1, 0.15) is 0 Å². The Morgan fingerprint density at radius 3 is 2.75 bits per heavy atom. The number of aryl methyl sites for hydroxylation is 1. The van der Waals surface area contributed by atoms with Gasteiger partial charge in [-0.2, -0.15) is 0 Å². The number of rotatable bonds is 3. The molecule has 0 aliphatic rings. The molecule has 0 saturated heterocycles. The summed E-state index contributed by atoms with van der Waals surface area (Å²) in [6.45, 7) is 4.81. The topological polar surface area (TPSA) is 39.9 Å². The van der Waals surface area contributed by atoms with Gasteiger partial charge >= 0.3 is 0 Å². The fourth-order valence-electron chi connectivity index (χ4n) is 1.62. The van der Waals surface area contributed by atoms with E-state index in [2.05, 4.69) is 21.5 Å². The second kappa shape index (κ2) is 4.35. The molecule has 0 saturated carbocycles. The van der Waals surface area contributed by atoms with Crippen molar-refractivity contribution in [3.63, 3.8) is 0 Å². The molecule has 2 rings (SSSR count). The zero-order valence-electron chi connectivity index (χ0n) is 9.77. The molecule has 0 aliphatic heterocycles. The summed E-state index contributed by atoms with van der Waals surface area (Å²) in [5, 5.41) is 0. The summed E-state index contributed by atoms with van der Waals surface area (Å²) < 4.78 is 7.31. The quantitative estimate of drug-likeness (QED) is 0.789. The van der Waals surface area contributed by atoms with E-state index in [4.69, 9.17) is 4.74 Å². The van der Waals surface area contributed by atoms with Gasteiger partial charge in [0.15, 0.2) is 0 Å². The summed E-state index contributed by atoms with van der Waals surface area (Å²) in [7, 11) is 1.64. The van der Waals surface area contributed by atoms with E-state index in [0.717, 1.165) is 17.8 Å². The summed E-state index contributed by atoms with van der Waals surface area (Å²) in [5.74, 6) is 0.674. The number of nitrogens with zero attached hydrogens (tertiary/aromatic N) is 3. The first kappa shape index (κ1) is 10.7. The van der Waals surface area contributed by atoms with E-state index in [0.29, 0.717) is 5.88 Å². The van der Waals surface area contributed by atoms with E-state index in [1.54, 1.807) is 13.3 Å². The van der Waals surface area contributed by atoms with Crippen LogP contribution in [0, 0.1) is 13.8 Å². The van der Waals surface area contributed by atoms with Crippen molar-refractivity contribution >= 4 is 0 Å². The number of pyridine rings is 1. The van der Waals surface area contributed by atoms with Crippen LogP contribution in [0.25, 0.3) is 0 Å². The fraction of sp³-hybridized carbons (Fsp3) is 0.333. The van der Waals surface area contributed by atoms with Crippen LogP contribution in [0.4, 0.5) is 0 Å². The molecule has 2 aromatic rings. The molecular weight excluding hydrogens is 202 g/mol. The third-order valence-electron chi connectivity index (χ3n) is 2.73. The van der Waals surface area contributed by atoms with E-state index in [-0.39, 0.29) is 0 Å². The Morgan fingerprint density at radius 2 is 2.12 bits per heavy atom. The van der Waals surface area contributed by atoms with E-state index in [9.17, 15) is 0 Å². The SMILES string of the molecule is COc1ncccc1Cn1cnc(C)c1C. The molecule has 0 aliphatic carbocycles. The minimum Gasteiger partial charge on any atom is -0.481 e. The summed E-state index contributed by atoms with van der Waals surface area (Å²) in [6, 6.07) is 3.93. The summed E-state index contributed by atoms with van der Waals surface area (Å²) in [5.41, 5.74) is 3.29. The second-order valence-corrected chi connectivity index (χ2v) is 3.72. The second-order valence-electron chi connectivity index (χ2n) is 3.72. The lowest BCUT2D eigenvalue weighted by Gasteiger charge is -2.08. The molecule has 84 valence electrons. The van der Waals surface area contributed by atoms with Gasteiger partial charge in [-0.1, -0.05) is 6.07 Å². The first-order valence-corrected chi connectivity index (χ1v) is 5.18. The third-order valence-corrected chi connectivity index (χ3v) is 2.73. The van der Waals surface area contributed by atoms with Gasteiger partial charge < -0.3 is 9.30 Å². The molecule has 2 aromatic heterocycles. The zero-order chi connectivity index (χ0) is 11.5. The Morgan fingerprint density at radius 1 is 1.31 bits per heavy atom. The van der Waals surface area contributed by atoms with Crippen molar-refractivity contribution in [1.82, 2.24) is 14.5 Å². The minimum absolute atomic E-state index is 0.674. The molecule has 0 unspecified atom stereocenters. The van der Waals surface area contributed by atoms with Crippen LogP contribution in [0.3, 0.4) is 0 Å². The highest BCUT2D eigenvalue weighted by Crippen LogP contribution is 2.16. The molecule has 4 heteroatoms. The zero-order valence-corrected chi connectivity index (χ0v) is 9.77. The van der Waals surface area contributed by atoms with E-state index < -0.39 is 0 Å². The van der Waals surface area contributed by atoms with E-state index >= 15 is 0 Å². The van der Waals surface area contributed by atoms with Crippen LogP contribution in [0.1, 0.15) is 17.0 Å². The van der Waals surface area contributed by atoms with Crippen molar-refractivity contribution in [2.45, 2.75) is 20.4 Å². The van der Waals surface area contributed by atoms with Gasteiger partial charge in [0, 0.05) is 17.5 Å². The van der Waals surface area contributed by atoms with Gasteiger partial charge in [-0.25, -0.2) is 9.97 Å². The Hall–Kier alpha value is -1.84. The van der Waals surface area contributed by atoms with E-state index in [1.165, 1.54) is 5.69 Å². The average molecular weight is 217 g/mol. The highest BCUT2D eigenvalue weighted by atomic mass is 16.5. The van der Waals surface area contributed by atoms with Crippen LogP contribution < -0.4 is 4.74 Å². The van der Waals surface area contributed by atoms with Gasteiger partial charge in [0.05, 0.1) is 25.7 Å². The molecule has 0 bridgehead atoms. The minimum atomic E-state index is 0.674. The number of hydrogen-bond donors (Lipinski definition) is 0. The number of hydrogen-bond acceptors (Lipinski definition) is 3. The van der Waals surface area contributed by atoms with E-state index in [1.807, 2.05) is 25.4 Å². The number of ether oxygens (including phenoxy) is 1. The average Bonchev–Trinajstić information content (AvgIpc) is 2.62. The lowest BCUT2D eigenvalue weighted by molar-refractivity contribution is 0.391. The number of aromatic nitrogens is 3. The lowest BCUT2D eigenvalue weighted by Crippen LogP contribution is -2.03. The van der Waals surface area contributed by atoms with Gasteiger partial charge in [-0.05, 0) is 19.9 Å². The van der Waals surface area contributed by atoms with Crippen LogP contribution in [0.2, 0.25) is 0 Å². The van der Waals surface area contributed by atoms with Gasteiger partial charge in [-0.15, -0.1) is 0 Å². The highest BCUT2D eigenvalue weighted by molar-refractivity contribution is 5.26. The molecule has 2 heterocycles. The molecule has 4 nitrogen and oxygen atoms in total. The van der Waals surface area contributed by atoms with Crippen molar-refractivity contribution in [3.8, 4) is 5.88 Å². The standard InChI is InChI=1S/C12H15N3O/c1-9-10(2)15(8-14-9)7-11-5-4-6-13-12(11)16-3/h4-6,8H,7H2,1-3H3. The molecule has 0 atom stereocenters. The summed E-state index contributed by atoms with van der Waals surface area (Å²) in [6.07, 6.45) is 3.57. The third kappa shape index (κ3) is 1.91. The predicted molar refractivity (Wildman–Crippen MR) is 61.6 cm³/mol.